The fourth-order valence-corrected chi connectivity index (χ4v) is 6.14. The molecule has 0 spiro atoms. The standard InChI is InChI=1S/C28H42N4O4/c29-26(34)28(12-4-5-13-28)27(35)30-14-8-25(33)31-19-22-9-15-32(20-21-10-16-36-17-11-21)24(18-22)23-6-2-1-3-7-23/h1-3,6-7,21-22,24H,4-5,8-20H2,(H2,29,34)(H,30,35)(H,31,33). The van der Waals surface area contributed by atoms with Crippen molar-refractivity contribution in [2.24, 2.45) is 23.0 Å². The van der Waals surface area contributed by atoms with Crippen LogP contribution < -0.4 is 16.4 Å². The second kappa shape index (κ2) is 12.7. The highest BCUT2D eigenvalue weighted by molar-refractivity contribution is 6.04. The van der Waals surface area contributed by atoms with Gasteiger partial charge >= 0.3 is 0 Å². The van der Waals surface area contributed by atoms with E-state index in [9.17, 15) is 14.4 Å². The Morgan fingerprint density at radius 3 is 2.42 bits per heavy atom. The molecule has 0 bridgehead atoms. The maximum absolute atomic E-state index is 12.6. The van der Waals surface area contributed by atoms with Crippen LogP contribution in [0.25, 0.3) is 0 Å². The molecule has 4 rings (SSSR count). The van der Waals surface area contributed by atoms with Gasteiger partial charge in [0, 0.05) is 45.3 Å². The predicted octanol–water partition coefficient (Wildman–Crippen LogP) is 2.53. The summed E-state index contributed by atoms with van der Waals surface area (Å²) in [5, 5.41) is 5.85. The van der Waals surface area contributed by atoms with Crippen molar-refractivity contribution in [3.05, 3.63) is 35.9 Å². The number of benzene rings is 1. The first-order valence-corrected chi connectivity index (χ1v) is 13.7. The van der Waals surface area contributed by atoms with Gasteiger partial charge in [0.2, 0.25) is 17.7 Å². The zero-order chi connectivity index (χ0) is 25.4. The predicted molar refractivity (Wildman–Crippen MR) is 138 cm³/mol. The highest BCUT2D eigenvalue weighted by atomic mass is 16.5. The first-order valence-electron chi connectivity index (χ1n) is 13.7. The molecule has 1 aromatic carbocycles. The quantitative estimate of drug-likeness (QED) is 0.429. The lowest BCUT2D eigenvalue weighted by molar-refractivity contribution is -0.141. The third-order valence-corrected chi connectivity index (χ3v) is 8.43. The summed E-state index contributed by atoms with van der Waals surface area (Å²) >= 11 is 0. The van der Waals surface area contributed by atoms with Crippen molar-refractivity contribution in [2.45, 2.75) is 63.8 Å². The van der Waals surface area contributed by atoms with Gasteiger partial charge in [-0.25, -0.2) is 0 Å². The fourth-order valence-electron chi connectivity index (χ4n) is 6.14. The number of hydrogen-bond donors (Lipinski definition) is 3. The van der Waals surface area contributed by atoms with Crippen LogP contribution >= 0.6 is 0 Å². The maximum atomic E-state index is 12.6. The van der Waals surface area contributed by atoms with Crippen molar-refractivity contribution < 1.29 is 19.1 Å². The molecule has 36 heavy (non-hydrogen) atoms. The van der Waals surface area contributed by atoms with Gasteiger partial charge in [-0.1, -0.05) is 43.2 Å². The van der Waals surface area contributed by atoms with Crippen molar-refractivity contribution in [3.8, 4) is 0 Å². The van der Waals surface area contributed by atoms with Crippen LogP contribution in [0, 0.1) is 17.3 Å². The molecule has 3 fully saturated rings. The van der Waals surface area contributed by atoms with E-state index in [2.05, 4.69) is 45.9 Å². The Morgan fingerprint density at radius 1 is 1.00 bits per heavy atom. The Labute approximate surface area is 214 Å². The van der Waals surface area contributed by atoms with Crippen LogP contribution in [0.4, 0.5) is 0 Å². The van der Waals surface area contributed by atoms with E-state index < -0.39 is 11.3 Å². The number of nitrogens with one attached hydrogen (secondary N) is 2. The summed E-state index contributed by atoms with van der Waals surface area (Å²) in [6, 6.07) is 11.1. The van der Waals surface area contributed by atoms with Crippen LogP contribution in [-0.4, -0.2) is 62.0 Å². The van der Waals surface area contributed by atoms with E-state index in [0.717, 1.165) is 64.8 Å². The van der Waals surface area contributed by atoms with E-state index in [1.165, 1.54) is 5.56 Å². The minimum Gasteiger partial charge on any atom is -0.381 e. The van der Waals surface area contributed by atoms with Crippen molar-refractivity contribution >= 4 is 17.7 Å². The first kappa shape index (κ1) is 26.6. The molecule has 2 unspecified atom stereocenters. The summed E-state index contributed by atoms with van der Waals surface area (Å²) in [6.07, 6.45) is 7.19. The summed E-state index contributed by atoms with van der Waals surface area (Å²) in [5.74, 6) is 0.141. The molecule has 3 amide bonds. The van der Waals surface area contributed by atoms with Crippen molar-refractivity contribution in [1.29, 1.82) is 0 Å². The second-order valence-corrected chi connectivity index (χ2v) is 10.8. The Kier molecular flexibility index (Phi) is 9.37. The van der Waals surface area contributed by atoms with Gasteiger partial charge in [0.1, 0.15) is 5.41 Å². The fraction of sp³-hybridized carbons (Fsp3) is 0.679. The number of primary amides is 1. The molecule has 0 aromatic heterocycles. The number of hydrogen-bond acceptors (Lipinski definition) is 5. The zero-order valence-corrected chi connectivity index (χ0v) is 21.4. The van der Waals surface area contributed by atoms with Crippen LogP contribution in [0.5, 0.6) is 0 Å². The molecule has 8 heteroatoms. The highest BCUT2D eigenvalue weighted by Crippen LogP contribution is 2.38. The molecule has 4 N–H and O–H groups in total. The second-order valence-electron chi connectivity index (χ2n) is 10.8. The van der Waals surface area contributed by atoms with Gasteiger partial charge in [-0.05, 0) is 62.5 Å². The van der Waals surface area contributed by atoms with E-state index in [1.807, 2.05) is 0 Å². The largest absolute Gasteiger partial charge is 0.381 e. The van der Waals surface area contributed by atoms with E-state index in [0.29, 0.717) is 37.3 Å². The minimum absolute atomic E-state index is 0.0734. The number of carbonyl (C=O) groups is 3. The number of ether oxygens (including phenoxy) is 1. The van der Waals surface area contributed by atoms with Gasteiger partial charge in [-0.2, -0.15) is 0 Å². The average Bonchev–Trinajstić information content (AvgIpc) is 3.41. The Balaban J connectivity index is 1.24. The third-order valence-electron chi connectivity index (χ3n) is 8.43. The third kappa shape index (κ3) is 6.65. The molecule has 3 aliphatic rings. The molecule has 2 saturated heterocycles. The van der Waals surface area contributed by atoms with Crippen LogP contribution in [-0.2, 0) is 19.1 Å². The van der Waals surface area contributed by atoms with E-state index in [1.54, 1.807) is 0 Å². The van der Waals surface area contributed by atoms with Crippen molar-refractivity contribution in [3.63, 3.8) is 0 Å². The Morgan fingerprint density at radius 2 is 1.72 bits per heavy atom. The zero-order valence-electron chi connectivity index (χ0n) is 21.4. The number of likely N-dealkylation sites (tertiary alicyclic amines) is 1. The molecule has 1 aliphatic carbocycles. The Hall–Kier alpha value is -2.45. The molecule has 2 heterocycles. The number of amides is 3. The maximum Gasteiger partial charge on any atom is 0.235 e. The van der Waals surface area contributed by atoms with Gasteiger partial charge in [0.25, 0.3) is 0 Å². The number of carbonyl (C=O) groups excluding carboxylic acids is 3. The molecule has 2 aliphatic heterocycles. The molecule has 0 radical (unpaired) electrons. The van der Waals surface area contributed by atoms with Crippen LogP contribution in [0.15, 0.2) is 30.3 Å². The Bertz CT molecular complexity index is 881. The number of nitrogens with two attached hydrogens (primary N) is 1. The summed E-state index contributed by atoms with van der Waals surface area (Å²) < 4.78 is 5.55. The smallest absolute Gasteiger partial charge is 0.235 e. The first-order chi connectivity index (χ1) is 17.5. The lowest BCUT2D eigenvalue weighted by Gasteiger charge is -2.42. The van der Waals surface area contributed by atoms with E-state index >= 15 is 0 Å². The molecular formula is C28H42N4O4. The average molecular weight is 499 g/mol. The van der Waals surface area contributed by atoms with Gasteiger partial charge in [0.05, 0.1) is 0 Å². The molecule has 1 saturated carbocycles. The summed E-state index contributed by atoms with van der Waals surface area (Å²) in [7, 11) is 0. The molecule has 2 atom stereocenters. The SMILES string of the molecule is NC(=O)C1(C(=O)NCCC(=O)NCC2CCN(CC3CCOCC3)C(c3ccccc3)C2)CCCC1. The van der Waals surface area contributed by atoms with Crippen LogP contribution in [0.3, 0.4) is 0 Å². The number of piperidine rings is 1. The summed E-state index contributed by atoms with van der Waals surface area (Å²) in [4.78, 5) is 39.6. The summed E-state index contributed by atoms with van der Waals surface area (Å²) in [5.41, 5.74) is 5.77. The molecular weight excluding hydrogens is 456 g/mol. The number of rotatable bonds is 10. The van der Waals surface area contributed by atoms with Crippen LogP contribution in [0.1, 0.15) is 69.4 Å². The van der Waals surface area contributed by atoms with Crippen molar-refractivity contribution in [2.75, 3.05) is 39.4 Å². The molecule has 1 aromatic rings. The molecule has 8 nitrogen and oxygen atoms in total. The van der Waals surface area contributed by atoms with Gasteiger partial charge in [-0.15, -0.1) is 0 Å². The van der Waals surface area contributed by atoms with Crippen LogP contribution in [0.2, 0.25) is 0 Å². The van der Waals surface area contributed by atoms with Gasteiger partial charge in [0.15, 0.2) is 0 Å². The highest BCUT2D eigenvalue weighted by Gasteiger charge is 2.46. The van der Waals surface area contributed by atoms with Gasteiger partial charge in [-0.3, -0.25) is 19.3 Å². The van der Waals surface area contributed by atoms with E-state index in [-0.39, 0.29) is 24.8 Å². The molecule has 198 valence electrons. The van der Waals surface area contributed by atoms with Gasteiger partial charge < -0.3 is 21.1 Å². The topological polar surface area (TPSA) is 114 Å². The number of nitrogens with zero attached hydrogens (tertiary/aromatic N) is 1. The summed E-state index contributed by atoms with van der Waals surface area (Å²) in [6.45, 7) is 4.74. The lowest BCUT2D eigenvalue weighted by Crippen LogP contribution is -2.48. The van der Waals surface area contributed by atoms with Crippen molar-refractivity contribution in [1.82, 2.24) is 15.5 Å². The normalized spacial score (nSPS) is 24.8. The van der Waals surface area contributed by atoms with E-state index in [4.69, 9.17) is 10.5 Å². The monoisotopic (exact) mass is 498 g/mol. The lowest BCUT2D eigenvalue weighted by atomic mass is 9.84. The minimum atomic E-state index is -1.10.